The molecule has 0 saturated heterocycles. The van der Waals surface area contributed by atoms with E-state index < -0.39 is 5.97 Å². The van der Waals surface area contributed by atoms with E-state index in [9.17, 15) is 0 Å². The monoisotopic (exact) mass is 207 g/mol. The van der Waals surface area contributed by atoms with E-state index in [-0.39, 0.29) is 0 Å². The standard InChI is InChI=1S/C6H6.C3H3NO.C2H4O2/c1-2-4-6-5-3-1;1-2-5-3-4-1;1-2(3)4/h1-6H;1-3H;1H3,(H,3,4). The van der Waals surface area contributed by atoms with Crippen molar-refractivity contribution in [3.8, 4) is 0 Å². The Morgan fingerprint density at radius 1 is 1.13 bits per heavy atom. The van der Waals surface area contributed by atoms with Crippen LogP contribution in [0.2, 0.25) is 0 Å². The van der Waals surface area contributed by atoms with Crippen molar-refractivity contribution in [2.45, 2.75) is 6.92 Å². The molecule has 1 heterocycles. The van der Waals surface area contributed by atoms with Gasteiger partial charge in [-0.15, -0.1) is 0 Å². The average molecular weight is 207 g/mol. The zero-order chi connectivity index (χ0) is 11.4. The van der Waals surface area contributed by atoms with E-state index in [4.69, 9.17) is 9.90 Å². The van der Waals surface area contributed by atoms with Gasteiger partial charge in [0.15, 0.2) is 6.39 Å². The van der Waals surface area contributed by atoms with Crippen molar-refractivity contribution >= 4 is 5.97 Å². The lowest BCUT2D eigenvalue weighted by molar-refractivity contribution is -0.134. The van der Waals surface area contributed by atoms with Crippen LogP contribution in [0.4, 0.5) is 0 Å². The highest BCUT2D eigenvalue weighted by molar-refractivity contribution is 5.62. The van der Waals surface area contributed by atoms with Crippen LogP contribution in [0.15, 0.2) is 59.7 Å². The SMILES string of the molecule is CC(=O)O.c1ccccc1.c1cocn1. The van der Waals surface area contributed by atoms with Crippen LogP contribution in [0.1, 0.15) is 6.92 Å². The second kappa shape index (κ2) is 9.98. The molecule has 0 bridgehead atoms. The molecule has 0 fully saturated rings. The zero-order valence-electron chi connectivity index (χ0n) is 8.41. The number of carboxylic acids is 1. The molecule has 2 rings (SSSR count). The maximum atomic E-state index is 9.00. The number of oxazole rings is 1. The van der Waals surface area contributed by atoms with E-state index in [0.717, 1.165) is 6.92 Å². The molecule has 0 aliphatic heterocycles. The Morgan fingerprint density at radius 3 is 1.67 bits per heavy atom. The van der Waals surface area contributed by atoms with Crippen LogP contribution >= 0.6 is 0 Å². The topological polar surface area (TPSA) is 63.3 Å². The van der Waals surface area contributed by atoms with Crippen LogP contribution < -0.4 is 0 Å². The predicted octanol–water partition coefficient (Wildman–Crippen LogP) is 2.45. The predicted molar refractivity (Wildman–Crippen MR) is 56.3 cm³/mol. The minimum absolute atomic E-state index is 0.833. The summed E-state index contributed by atoms with van der Waals surface area (Å²) >= 11 is 0. The second-order valence-corrected chi connectivity index (χ2v) is 2.35. The fraction of sp³-hybridized carbons (Fsp3) is 0.0909. The number of carboxylic acid groups (broad SMARTS) is 1. The van der Waals surface area contributed by atoms with Crippen LogP contribution in [0, 0.1) is 0 Å². The number of hydrogen-bond acceptors (Lipinski definition) is 3. The molecular formula is C11H13NO3. The van der Waals surface area contributed by atoms with Crippen LogP contribution in [0.25, 0.3) is 0 Å². The largest absolute Gasteiger partial charge is 0.481 e. The second-order valence-electron chi connectivity index (χ2n) is 2.35. The van der Waals surface area contributed by atoms with E-state index >= 15 is 0 Å². The minimum atomic E-state index is -0.833. The number of nitrogens with zero attached hydrogens (tertiary/aromatic N) is 1. The van der Waals surface area contributed by atoms with E-state index in [1.165, 1.54) is 12.7 Å². The Kier molecular flexibility index (Phi) is 8.59. The van der Waals surface area contributed by atoms with Gasteiger partial charge in [-0.1, -0.05) is 36.4 Å². The van der Waals surface area contributed by atoms with E-state index in [1.54, 1.807) is 6.20 Å². The summed E-state index contributed by atoms with van der Waals surface area (Å²) in [7, 11) is 0. The first-order valence-electron chi connectivity index (χ1n) is 4.25. The summed E-state index contributed by atoms with van der Waals surface area (Å²) in [6, 6.07) is 12.0. The van der Waals surface area contributed by atoms with E-state index in [0.29, 0.717) is 0 Å². The summed E-state index contributed by atoms with van der Waals surface area (Å²) in [5.41, 5.74) is 0. The van der Waals surface area contributed by atoms with Crippen molar-refractivity contribution in [1.82, 2.24) is 4.98 Å². The molecule has 4 heteroatoms. The van der Waals surface area contributed by atoms with Crippen LogP contribution in [-0.2, 0) is 4.79 Å². The minimum Gasteiger partial charge on any atom is -0.481 e. The Bertz CT molecular complexity index is 271. The van der Waals surface area contributed by atoms with Gasteiger partial charge in [0.1, 0.15) is 6.26 Å². The number of aliphatic carboxylic acids is 1. The first-order chi connectivity index (χ1) is 7.23. The molecule has 15 heavy (non-hydrogen) atoms. The molecule has 80 valence electrons. The van der Waals surface area contributed by atoms with Crippen molar-refractivity contribution in [2.75, 3.05) is 0 Å². The Labute approximate surface area is 88.2 Å². The summed E-state index contributed by atoms with van der Waals surface area (Å²) < 4.78 is 4.47. The maximum Gasteiger partial charge on any atom is 0.300 e. The molecule has 0 saturated carbocycles. The normalized spacial score (nSPS) is 7.53. The van der Waals surface area contributed by atoms with Gasteiger partial charge < -0.3 is 9.52 Å². The van der Waals surface area contributed by atoms with Crippen LogP contribution in [0.3, 0.4) is 0 Å². The highest BCUT2D eigenvalue weighted by Gasteiger charge is 1.65. The third-order valence-corrected chi connectivity index (χ3v) is 1.01. The van der Waals surface area contributed by atoms with Gasteiger partial charge in [-0.05, 0) is 0 Å². The molecule has 0 unspecified atom stereocenters. The molecule has 0 spiro atoms. The van der Waals surface area contributed by atoms with Gasteiger partial charge >= 0.3 is 0 Å². The van der Waals surface area contributed by atoms with Gasteiger partial charge in [0.2, 0.25) is 0 Å². The lowest BCUT2D eigenvalue weighted by Gasteiger charge is -1.69. The third-order valence-electron chi connectivity index (χ3n) is 1.01. The van der Waals surface area contributed by atoms with Gasteiger partial charge in [-0.3, -0.25) is 4.79 Å². The molecule has 0 atom stereocenters. The van der Waals surface area contributed by atoms with E-state index in [2.05, 4.69) is 9.40 Å². The fourth-order valence-corrected chi connectivity index (χ4v) is 0.561. The first kappa shape index (κ1) is 12.9. The Balaban J connectivity index is 0.000000202. The van der Waals surface area contributed by atoms with Gasteiger partial charge in [0.25, 0.3) is 5.97 Å². The molecule has 1 N–H and O–H groups in total. The average Bonchev–Trinajstić information content (AvgIpc) is 2.77. The molecule has 0 aliphatic rings. The zero-order valence-corrected chi connectivity index (χ0v) is 8.41. The van der Waals surface area contributed by atoms with Crippen molar-refractivity contribution in [2.24, 2.45) is 0 Å². The van der Waals surface area contributed by atoms with Crippen molar-refractivity contribution in [3.63, 3.8) is 0 Å². The molecule has 1 aromatic heterocycles. The highest BCUT2D eigenvalue weighted by Crippen LogP contribution is 1.79. The van der Waals surface area contributed by atoms with Gasteiger partial charge in [-0.2, -0.15) is 0 Å². The quantitative estimate of drug-likeness (QED) is 0.720. The third kappa shape index (κ3) is 14.7. The lowest BCUT2D eigenvalue weighted by Crippen LogP contribution is -1.78. The molecule has 4 nitrogen and oxygen atoms in total. The van der Waals surface area contributed by atoms with Gasteiger partial charge in [-0.25, -0.2) is 4.98 Å². The maximum absolute atomic E-state index is 9.00. The number of aromatic nitrogens is 1. The first-order valence-corrected chi connectivity index (χ1v) is 4.25. The van der Waals surface area contributed by atoms with Crippen molar-refractivity contribution in [1.29, 1.82) is 0 Å². The molecule has 1 aromatic carbocycles. The van der Waals surface area contributed by atoms with Crippen molar-refractivity contribution in [3.05, 3.63) is 55.3 Å². The van der Waals surface area contributed by atoms with Crippen LogP contribution in [-0.4, -0.2) is 16.1 Å². The molecule has 2 aromatic rings. The smallest absolute Gasteiger partial charge is 0.300 e. The summed E-state index contributed by atoms with van der Waals surface area (Å²) in [5, 5.41) is 7.42. The van der Waals surface area contributed by atoms with E-state index in [1.807, 2.05) is 36.4 Å². The lowest BCUT2D eigenvalue weighted by atomic mass is 10.4. The number of hydrogen-bond donors (Lipinski definition) is 1. The van der Waals surface area contributed by atoms with Gasteiger partial charge in [0.05, 0.1) is 6.20 Å². The van der Waals surface area contributed by atoms with Crippen LogP contribution in [0.5, 0.6) is 0 Å². The Morgan fingerprint density at radius 2 is 1.53 bits per heavy atom. The highest BCUT2D eigenvalue weighted by atomic mass is 16.4. The molecule has 0 aliphatic carbocycles. The summed E-state index contributed by atoms with van der Waals surface area (Å²) in [6.45, 7) is 1.08. The number of carbonyl (C=O) groups is 1. The fourth-order valence-electron chi connectivity index (χ4n) is 0.561. The molecule has 0 amide bonds. The van der Waals surface area contributed by atoms with Crippen molar-refractivity contribution < 1.29 is 14.3 Å². The number of benzene rings is 1. The summed E-state index contributed by atoms with van der Waals surface area (Å²) in [4.78, 5) is 12.6. The van der Waals surface area contributed by atoms with Gasteiger partial charge in [0, 0.05) is 6.92 Å². The number of rotatable bonds is 0. The Hall–Kier alpha value is -2.10. The summed E-state index contributed by atoms with van der Waals surface area (Å²) in [5.74, 6) is -0.833. The molecule has 0 radical (unpaired) electrons. The summed E-state index contributed by atoms with van der Waals surface area (Å²) in [6.07, 6.45) is 4.47. The molecular weight excluding hydrogens is 194 g/mol.